The minimum atomic E-state index is -0.767. The van der Waals surface area contributed by atoms with Gasteiger partial charge in [-0.2, -0.15) is 0 Å². The second-order valence-electron chi connectivity index (χ2n) is 3.60. The quantitative estimate of drug-likeness (QED) is 0.361. The van der Waals surface area contributed by atoms with Crippen LogP contribution in [0.3, 0.4) is 0 Å². The average Bonchev–Trinajstić information content (AvgIpc) is 2.10. The lowest BCUT2D eigenvalue weighted by molar-refractivity contribution is -0.138. The van der Waals surface area contributed by atoms with Crippen LogP contribution in [-0.4, -0.2) is 29.7 Å². The van der Waals surface area contributed by atoms with E-state index in [-0.39, 0.29) is 0 Å². The van der Waals surface area contributed by atoms with Crippen LogP contribution in [0.4, 0.5) is 0 Å². The predicted molar refractivity (Wildman–Crippen MR) is 65.6 cm³/mol. The molecule has 0 saturated heterocycles. The van der Waals surface area contributed by atoms with E-state index in [0.29, 0.717) is 12.5 Å². The maximum absolute atomic E-state index is 10.6. The monoisotopic (exact) mass is 314 g/mol. The summed E-state index contributed by atoms with van der Waals surface area (Å²) in [5, 5.41) is 12.0. The summed E-state index contributed by atoms with van der Waals surface area (Å²) in [6, 6.07) is 0.0996. The Morgan fingerprint density at radius 1 is 1.43 bits per heavy atom. The van der Waals surface area contributed by atoms with Crippen molar-refractivity contribution in [1.82, 2.24) is 8.85 Å². The van der Waals surface area contributed by atoms with Gasteiger partial charge in [0, 0.05) is 28.9 Å². The van der Waals surface area contributed by atoms with Gasteiger partial charge in [-0.05, 0) is 19.4 Å². The highest BCUT2D eigenvalue weighted by atomic mass is 127. The molecule has 0 fully saturated rings. The summed E-state index contributed by atoms with van der Waals surface area (Å²) in [5.41, 5.74) is 0. The van der Waals surface area contributed by atoms with Crippen LogP contribution < -0.4 is 8.85 Å². The molecule has 3 N–H and O–H groups in total. The Morgan fingerprint density at radius 2 is 2.07 bits per heavy atom. The van der Waals surface area contributed by atoms with Crippen molar-refractivity contribution in [2.75, 3.05) is 6.54 Å². The molecule has 0 aromatic heterocycles. The SMILES string of the molecule is CC(C)NCCCC[C@H](NI)C(=O)O. The van der Waals surface area contributed by atoms with Crippen molar-refractivity contribution in [2.24, 2.45) is 0 Å². The number of unbranched alkanes of at least 4 members (excludes halogenated alkanes) is 1. The molecule has 5 heteroatoms. The predicted octanol–water partition coefficient (Wildman–Crippen LogP) is 1.55. The number of hydrogen-bond donors (Lipinski definition) is 3. The second-order valence-corrected chi connectivity index (χ2v) is 4.23. The average molecular weight is 314 g/mol. The Kier molecular flexibility index (Phi) is 8.50. The van der Waals surface area contributed by atoms with E-state index in [1.807, 2.05) is 22.9 Å². The van der Waals surface area contributed by atoms with Gasteiger partial charge < -0.3 is 10.4 Å². The summed E-state index contributed by atoms with van der Waals surface area (Å²) in [4.78, 5) is 10.6. The molecule has 0 saturated carbocycles. The van der Waals surface area contributed by atoms with Gasteiger partial charge in [0.25, 0.3) is 0 Å². The normalized spacial score (nSPS) is 13.1. The molecule has 0 aromatic rings. The summed E-state index contributed by atoms with van der Waals surface area (Å²) in [6.45, 7) is 5.17. The zero-order valence-corrected chi connectivity index (χ0v) is 10.9. The lowest BCUT2D eigenvalue weighted by atomic mass is 10.1. The molecule has 0 radical (unpaired) electrons. The zero-order chi connectivity index (χ0) is 11.0. The fourth-order valence-corrected chi connectivity index (χ4v) is 1.67. The van der Waals surface area contributed by atoms with E-state index in [1.54, 1.807) is 0 Å². The van der Waals surface area contributed by atoms with Gasteiger partial charge in [-0.15, -0.1) is 0 Å². The van der Waals surface area contributed by atoms with Crippen LogP contribution in [0.15, 0.2) is 0 Å². The number of carbonyl (C=O) groups is 1. The summed E-state index contributed by atoms with van der Waals surface area (Å²) >= 11 is 1.89. The smallest absolute Gasteiger partial charge is 0.321 e. The highest BCUT2D eigenvalue weighted by Crippen LogP contribution is 2.02. The van der Waals surface area contributed by atoms with Crippen molar-refractivity contribution in [3.63, 3.8) is 0 Å². The first-order valence-corrected chi connectivity index (χ1v) is 5.98. The zero-order valence-electron chi connectivity index (χ0n) is 8.72. The maximum Gasteiger partial charge on any atom is 0.321 e. The molecule has 0 unspecified atom stereocenters. The number of hydrogen-bond acceptors (Lipinski definition) is 3. The number of halogens is 1. The molecular formula is C9H19IN2O2. The van der Waals surface area contributed by atoms with Crippen molar-refractivity contribution in [2.45, 2.75) is 45.2 Å². The molecule has 4 nitrogen and oxygen atoms in total. The Balaban J connectivity index is 3.38. The molecular weight excluding hydrogens is 295 g/mol. The minimum Gasteiger partial charge on any atom is -0.480 e. The van der Waals surface area contributed by atoms with Crippen LogP contribution in [0, 0.1) is 0 Å². The number of rotatable bonds is 8. The molecule has 0 aromatic carbocycles. The largest absolute Gasteiger partial charge is 0.480 e. The standard InChI is InChI=1S/C9H19IN2O2/c1-7(2)11-6-4-3-5-8(12-10)9(13)14/h7-8,11-12H,3-6H2,1-2H3,(H,13,14)/t8-/m0/s1. The van der Waals surface area contributed by atoms with E-state index in [0.717, 1.165) is 19.4 Å². The lowest BCUT2D eigenvalue weighted by Crippen LogP contribution is -2.30. The highest BCUT2D eigenvalue weighted by molar-refractivity contribution is 14.1. The van der Waals surface area contributed by atoms with E-state index < -0.39 is 12.0 Å². The summed E-state index contributed by atoms with van der Waals surface area (Å²) in [5.74, 6) is -0.767. The minimum absolute atomic E-state index is 0.408. The van der Waals surface area contributed by atoms with Gasteiger partial charge in [0.15, 0.2) is 0 Å². The molecule has 0 aliphatic heterocycles. The molecule has 0 bridgehead atoms. The molecule has 0 aliphatic rings. The van der Waals surface area contributed by atoms with Crippen LogP contribution in [0.5, 0.6) is 0 Å². The Bertz CT molecular complexity index is 165. The molecule has 14 heavy (non-hydrogen) atoms. The van der Waals surface area contributed by atoms with Gasteiger partial charge in [-0.25, -0.2) is 3.53 Å². The van der Waals surface area contributed by atoms with Crippen LogP contribution in [-0.2, 0) is 4.79 Å². The summed E-state index contributed by atoms with van der Waals surface area (Å²) in [7, 11) is 0. The lowest BCUT2D eigenvalue weighted by Gasteiger charge is -2.10. The fourth-order valence-electron chi connectivity index (χ4n) is 1.09. The molecule has 0 rings (SSSR count). The molecule has 1 atom stereocenters. The van der Waals surface area contributed by atoms with Gasteiger partial charge in [-0.1, -0.05) is 20.3 Å². The number of carboxylic acids is 1. The van der Waals surface area contributed by atoms with Crippen molar-refractivity contribution in [3.8, 4) is 0 Å². The van der Waals surface area contributed by atoms with E-state index in [1.165, 1.54) is 0 Å². The maximum atomic E-state index is 10.6. The van der Waals surface area contributed by atoms with E-state index in [2.05, 4.69) is 22.7 Å². The van der Waals surface area contributed by atoms with Gasteiger partial charge in [-0.3, -0.25) is 4.79 Å². The van der Waals surface area contributed by atoms with E-state index in [9.17, 15) is 4.79 Å². The first-order valence-electron chi connectivity index (χ1n) is 4.90. The molecule has 84 valence electrons. The Hall–Kier alpha value is 0.120. The van der Waals surface area contributed by atoms with Crippen LogP contribution in [0.2, 0.25) is 0 Å². The van der Waals surface area contributed by atoms with Gasteiger partial charge in [0.05, 0.1) is 0 Å². The third-order valence-corrected chi connectivity index (χ3v) is 2.65. The van der Waals surface area contributed by atoms with Crippen molar-refractivity contribution < 1.29 is 9.90 Å². The van der Waals surface area contributed by atoms with E-state index in [4.69, 9.17) is 5.11 Å². The van der Waals surface area contributed by atoms with Crippen LogP contribution in [0.25, 0.3) is 0 Å². The molecule has 0 aliphatic carbocycles. The first-order chi connectivity index (χ1) is 6.57. The summed E-state index contributed by atoms with van der Waals surface area (Å²) < 4.78 is 2.75. The second kappa shape index (κ2) is 8.43. The number of aliphatic carboxylic acids is 1. The van der Waals surface area contributed by atoms with Crippen LogP contribution in [0.1, 0.15) is 33.1 Å². The topological polar surface area (TPSA) is 61.4 Å². The van der Waals surface area contributed by atoms with Crippen LogP contribution >= 0.6 is 22.9 Å². The summed E-state index contributed by atoms with van der Waals surface area (Å²) in [6.07, 6.45) is 2.66. The molecule has 0 spiro atoms. The fraction of sp³-hybridized carbons (Fsp3) is 0.889. The third-order valence-electron chi connectivity index (χ3n) is 1.90. The van der Waals surface area contributed by atoms with Gasteiger partial charge in [0.2, 0.25) is 0 Å². The van der Waals surface area contributed by atoms with Gasteiger partial charge in [0.1, 0.15) is 6.04 Å². The Labute approximate surface area is 99.3 Å². The van der Waals surface area contributed by atoms with E-state index >= 15 is 0 Å². The number of nitrogens with one attached hydrogen (secondary N) is 2. The van der Waals surface area contributed by atoms with Gasteiger partial charge >= 0.3 is 5.97 Å². The number of carboxylic acid groups (broad SMARTS) is 1. The van der Waals surface area contributed by atoms with Crippen molar-refractivity contribution in [3.05, 3.63) is 0 Å². The Morgan fingerprint density at radius 3 is 2.50 bits per heavy atom. The van der Waals surface area contributed by atoms with Crippen molar-refractivity contribution in [1.29, 1.82) is 0 Å². The molecule has 0 heterocycles. The highest BCUT2D eigenvalue weighted by Gasteiger charge is 2.14. The molecule has 0 amide bonds. The van der Waals surface area contributed by atoms with Crippen molar-refractivity contribution >= 4 is 28.8 Å². The first kappa shape index (κ1) is 14.1. The third kappa shape index (κ3) is 7.52.